The Labute approximate surface area is 129 Å². The van der Waals surface area contributed by atoms with Crippen LogP contribution in [0.1, 0.15) is 42.0 Å². The minimum atomic E-state index is -0.147. The van der Waals surface area contributed by atoms with E-state index in [0.29, 0.717) is 22.8 Å². The summed E-state index contributed by atoms with van der Waals surface area (Å²) in [5.41, 5.74) is 3.21. The van der Waals surface area contributed by atoms with Crippen LogP contribution in [0.25, 0.3) is 0 Å². The van der Waals surface area contributed by atoms with Crippen LogP contribution in [0.3, 0.4) is 0 Å². The number of nitrogens with zero attached hydrogens (tertiary/aromatic N) is 2. The summed E-state index contributed by atoms with van der Waals surface area (Å²) in [6, 6.07) is 3.68. The Kier molecular flexibility index (Phi) is 4.78. The van der Waals surface area contributed by atoms with Gasteiger partial charge in [-0.3, -0.25) is 0 Å². The summed E-state index contributed by atoms with van der Waals surface area (Å²) in [6.07, 6.45) is 1.44. The van der Waals surface area contributed by atoms with Gasteiger partial charge in [-0.2, -0.15) is 0 Å². The number of hydrogen-bond donors (Lipinski definition) is 1. The minimum Gasteiger partial charge on any atom is -0.366 e. The average molecular weight is 308 g/mol. The molecule has 2 rings (SSSR count). The van der Waals surface area contributed by atoms with Gasteiger partial charge < -0.3 is 5.32 Å². The molecule has 0 amide bonds. The molecule has 0 radical (unpaired) electrons. The first-order valence-electron chi connectivity index (χ1n) is 6.90. The van der Waals surface area contributed by atoms with Crippen LogP contribution in [0.5, 0.6) is 0 Å². The second-order valence-corrected chi connectivity index (χ2v) is 5.84. The van der Waals surface area contributed by atoms with E-state index in [-0.39, 0.29) is 11.7 Å². The van der Waals surface area contributed by atoms with E-state index in [0.717, 1.165) is 16.9 Å². The van der Waals surface area contributed by atoms with Crippen LogP contribution in [-0.4, -0.2) is 9.97 Å². The van der Waals surface area contributed by atoms with Gasteiger partial charge in [0.25, 0.3) is 0 Å². The lowest BCUT2D eigenvalue weighted by Gasteiger charge is -2.15. The highest BCUT2D eigenvalue weighted by atomic mass is 35.5. The fourth-order valence-electron chi connectivity index (χ4n) is 2.35. The second-order valence-electron chi connectivity index (χ2n) is 5.48. The van der Waals surface area contributed by atoms with Crippen LogP contribution in [0.2, 0.25) is 5.15 Å². The Balaban J connectivity index is 2.23. The smallest absolute Gasteiger partial charge is 0.138 e. The number of benzene rings is 1. The molecule has 112 valence electrons. The molecule has 1 aromatic heterocycles. The molecule has 1 aromatic carbocycles. The van der Waals surface area contributed by atoms with E-state index in [2.05, 4.69) is 15.3 Å². The summed E-state index contributed by atoms with van der Waals surface area (Å²) in [7, 11) is 0. The molecule has 0 aliphatic rings. The zero-order chi connectivity index (χ0) is 15.6. The number of aryl methyl sites for hydroxylation is 2. The molecule has 1 heterocycles. The third-order valence-electron chi connectivity index (χ3n) is 3.37. The number of rotatable bonds is 4. The molecule has 3 nitrogen and oxygen atoms in total. The van der Waals surface area contributed by atoms with Crippen molar-refractivity contribution in [2.24, 2.45) is 0 Å². The van der Waals surface area contributed by atoms with E-state index in [1.54, 1.807) is 13.8 Å². The van der Waals surface area contributed by atoms with Crippen LogP contribution in [-0.2, 0) is 6.54 Å². The predicted octanol–water partition coefficient (Wildman–Crippen LogP) is 4.62. The summed E-state index contributed by atoms with van der Waals surface area (Å²) < 4.78 is 13.6. The van der Waals surface area contributed by atoms with E-state index >= 15 is 0 Å². The average Bonchev–Trinajstić information content (AvgIpc) is 2.41. The van der Waals surface area contributed by atoms with E-state index in [9.17, 15) is 4.39 Å². The lowest BCUT2D eigenvalue weighted by molar-refractivity contribution is 0.608. The monoisotopic (exact) mass is 307 g/mol. The molecule has 0 atom stereocenters. The molecule has 0 unspecified atom stereocenters. The Bertz CT molecular complexity index is 633. The third-order valence-corrected chi connectivity index (χ3v) is 3.67. The van der Waals surface area contributed by atoms with Crippen LogP contribution in [0.4, 0.5) is 10.2 Å². The molecular formula is C16H19ClFN3. The van der Waals surface area contributed by atoms with E-state index in [1.807, 2.05) is 26.0 Å². The Morgan fingerprint density at radius 3 is 2.38 bits per heavy atom. The maximum atomic E-state index is 13.6. The van der Waals surface area contributed by atoms with E-state index < -0.39 is 0 Å². The van der Waals surface area contributed by atoms with Crippen LogP contribution in [0.15, 0.2) is 18.5 Å². The van der Waals surface area contributed by atoms with Crippen molar-refractivity contribution in [2.75, 3.05) is 5.32 Å². The molecule has 0 aliphatic heterocycles. The summed E-state index contributed by atoms with van der Waals surface area (Å²) in [5, 5.41) is 3.73. The normalized spacial score (nSPS) is 11.0. The van der Waals surface area contributed by atoms with Gasteiger partial charge >= 0.3 is 0 Å². The lowest BCUT2D eigenvalue weighted by Crippen LogP contribution is -2.08. The Morgan fingerprint density at radius 2 is 1.81 bits per heavy atom. The van der Waals surface area contributed by atoms with Gasteiger partial charge in [-0.25, -0.2) is 14.4 Å². The Hall–Kier alpha value is -1.68. The molecule has 0 bridgehead atoms. The summed E-state index contributed by atoms with van der Waals surface area (Å²) >= 11 is 6.14. The molecule has 21 heavy (non-hydrogen) atoms. The number of aromatic nitrogens is 2. The minimum absolute atomic E-state index is 0.147. The van der Waals surface area contributed by atoms with Crippen molar-refractivity contribution in [2.45, 2.75) is 40.2 Å². The van der Waals surface area contributed by atoms with Crippen molar-refractivity contribution in [3.63, 3.8) is 0 Å². The van der Waals surface area contributed by atoms with Gasteiger partial charge in [0.05, 0.1) is 0 Å². The van der Waals surface area contributed by atoms with Crippen LogP contribution in [0, 0.1) is 19.7 Å². The molecule has 0 saturated heterocycles. The lowest BCUT2D eigenvalue weighted by atomic mass is 10.0. The van der Waals surface area contributed by atoms with Gasteiger partial charge in [-0.1, -0.05) is 37.6 Å². The third kappa shape index (κ3) is 3.50. The van der Waals surface area contributed by atoms with Gasteiger partial charge in [-0.05, 0) is 36.5 Å². The predicted molar refractivity (Wildman–Crippen MR) is 84.3 cm³/mol. The fraction of sp³-hybridized carbons (Fsp3) is 0.375. The van der Waals surface area contributed by atoms with E-state index in [1.165, 1.54) is 6.33 Å². The number of nitrogens with one attached hydrogen (secondary N) is 1. The van der Waals surface area contributed by atoms with Crippen molar-refractivity contribution >= 4 is 17.4 Å². The highest BCUT2D eigenvalue weighted by molar-refractivity contribution is 6.30. The maximum Gasteiger partial charge on any atom is 0.138 e. The zero-order valence-corrected chi connectivity index (χ0v) is 13.4. The number of hydrogen-bond acceptors (Lipinski definition) is 3. The topological polar surface area (TPSA) is 37.8 Å². The van der Waals surface area contributed by atoms with Gasteiger partial charge in [0.2, 0.25) is 0 Å². The quantitative estimate of drug-likeness (QED) is 0.837. The van der Waals surface area contributed by atoms with Crippen LogP contribution < -0.4 is 5.32 Å². The molecule has 0 spiro atoms. The first kappa shape index (κ1) is 15.7. The van der Waals surface area contributed by atoms with Crippen LogP contribution >= 0.6 is 11.6 Å². The standard InChI is InChI=1S/C16H19ClFN3/c1-9(2)13-15(17)20-8-21-16(13)19-7-12-5-10(3)14(18)11(4)6-12/h5-6,8-9H,7H2,1-4H3,(H,19,20,21). The molecule has 0 fully saturated rings. The fourth-order valence-corrected chi connectivity index (χ4v) is 2.70. The highest BCUT2D eigenvalue weighted by Crippen LogP contribution is 2.28. The first-order valence-corrected chi connectivity index (χ1v) is 7.27. The summed E-state index contributed by atoms with van der Waals surface area (Å²) in [5.74, 6) is 0.800. The van der Waals surface area contributed by atoms with Crippen molar-refractivity contribution in [1.82, 2.24) is 9.97 Å². The van der Waals surface area contributed by atoms with Crippen molar-refractivity contribution in [3.8, 4) is 0 Å². The second kappa shape index (κ2) is 6.39. The summed E-state index contributed by atoms with van der Waals surface area (Å²) in [4.78, 5) is 8.28. The van der Waals surface area contributed by atoms with Gasteiger partial charge in [-0.15, -0.1) is 0 Å². The molecule has 0 aliphatic carbocycles. The van der Waals surface area contributed by atoms with Gasteiger partial charge in [0.15, 0.2) is 0 Å². The SMILES string of the molecule is Cc1cc(CNc2ncnc(Cl)c2C(C)C)cc(C)c1F. The largest absolute Gasteiger partial charge is 0.366 e. The van der Waals surface area contributed by atoms with Gasteiger partial charge in [0.1, 0.15) is 23.1 Å². The zero-order valence-electron chi connectivity index (χ0n) is 12.7. The molecule has 0 saturated carbocycles. The van der Waals surface area contributed by atoms with Crippen molar-refractivity contribution in [1.29, 1.82) is 0 Å². The van der Waals surface area contributed by atoms with E-state index in [4.69, 9.17) is 11.6 Å². The highest BCUT2D eigenvalue weighted by Gasteiger charge is 2.13. The maximum absolute atomic E-state index is 13.6. The molecule has 1 N–H and O–H groups in total. The molecular weight excluding hydrogens is 289 g/mol. The summed E-state index contributed by atoms with van der Waals surface area (Å²) in [6.45, 7) is 8.19. The van der Waals surface area contributed by atoms with Crippen molar-refractivity contribution < 1.29 is 4.39 Å². The molecule has 5 heteroatoms. The number of anilines is 1. The van der Waals surface area contributed by atoms with Gasteiger partial charge in [0, 0.05) is 12.1 Å². The Morgan fingerprint density at radius 1 is 1.19 bits per heavy atom. The number of halogens is 2. The van der Waals surface area contributed by atoms with Crippen molar-refractivity contribution in [3.05, 3.63) is 51.7 Å². The molecule has 2 aromatic rings. The first-order chi connectivity index (χ1) is 9.90.